The van der Waals surface area contributed by atoms with Crippen LogP contribution in [-0.4, -0.2) is 36.6 Å². The molecule has 4 aromatic rings. The van der Waals surface area contributed by atoms with Crippen molar-refractivity contribution in [2.45, 2.75) is 44.8 Å². The molecule has 1 aromatic heterocycles. The molecule has 1 aliphatic heterocycles. The number of nitrogens with zero attached hydrogens (tertiary/aromatic N) is 2. The van der Waals surface area contributed by atoms with E-state index >= 15 is 0 Å². The Morgan fingerprint density at radius 3 is 2.27 bits per heavy atom. The predicted molar refractivity (Wildman–Crippen MR) is 172 cm³/mol. The number of carbonyl (C=O) groups excluding carboxylic acids is 2. The second-order valence-electron chi connectivity index (χ2n) is 10.8. The molecule has 8 nitrogen and oxygen atoms in total. The Morgan fingerprint density at radius 2 is 1.62 bits per heavy atom. The van der Waals surface area contributed by atoms with E-state index in [2.05, 4.69) is 0 Å². The number of allylic oxidation sites excluding steroid dienone is 1. The molecule has 232 valence electrons. The number of furan rings is 1. The lowest BCUT2D eigenvalue weighted by molar-refractivity contribution is -0.136. The summed E-state index contributed by atoms with van der Waals surface area (Å²) in [4.78, 5) is 28.3. The quantitative estimate of drug-likeness (QED) is 0.135. The first-order valence-electron chi connectivity index (χ1n) is 14.3. The molecular weight excluding hydrogens is 612 g/mol. The van der Waals surface area contributed by atoms with Gasteiger partial charge in [-0.3, -0.25) is 4.79 Å². The molecule has 0 fully saturated rings. The molecule has 1 atom stereocenters. The highest BCUT2D eigenvalue weighted by Gasteiger charge is 2.40. The average molecular weight is 645 g/mol. The Morgan fingerprint density at radius 1 is 0.956 bits per heavy atom. The molecule has 0 saturated carbocycles. The minimum Gasteiger partial charge on any atom is -0.465 e. The van der Waals surface area contributed by atoms with Gasteiger partial charge in [0.05, 0.1) is 35.7 Å². The molecule has 0 unspecified atom stereocenters. The average Bonchev–Trinajstić information content (AvgIpc) is 3.58. The lowest BCUT2D eigenvalue weighted by Gasteiger charge is -2.26. The number of carbonyl (C=O) groups is 2. The maximum absolute atomic E-state index is 13.8. The van der Waals surface area contributed by atoms with Gasteiger partial charge in [-0.2, -0.15) is 4.31 Å². The summed E-state index contributed by atoms with van der Waals surface area (Å²) in [5, 5.41) is 0.427. The largest absolute Gasteiger partial charge is 0.465 e. The highest BCUT2D eigenvalue weighted by atomic mass is 35.5. The minimum absolute atomic E-state index is 0.0775. The number of rotatable bonds is 10. The summed E-state index contributed by atoms with van der Waals surface area (Å²) in [6.45, 7) is 5.59. The summed E-state index contributed by atoms with van der Waals surface area (Å²) >= 11 is 6.02. The third-order valence-corrected chi connectivity index (χ3v) is 9.79. The molecule has 3 aromatic carbocycles. The van der Waals surface area contributed by atoms with Crippen LogP contribution in [0.4, 0.5) is 0 Å². The van der Waals surface area contributed by atoms with Gasteiger partial charge in [-0.1, -0.05) is 71.8 Å². The first-order chi connectivity index (χ1) is 21.5. The van der Waals surface area contributed by atoms with Crippen LogP contribution in [0.5, 0.6) is 0 Å². The number of sulfonamides is 1. The van der Waals surface area contributed by atoms with Crippen molar-refractivity contribution in [3.05, 3.63) is 141 Å². The van der Waals surface area contributed by atoms with Crippen molar-refractivity contribution in [3.8, 4) is 0 Å². The molecule has 0 aliphatic carbocycles. The van der Waals surface area contributed by atoms with Crippen molar-refractivity contribution in [2.24, 2.45) is 0 Å². The van der Waals surface area contributed by atoms with Crippen LogP contribution in [0.3, 0.4) is 0 Å². The van der Waals surface area contributed by atoms with E-state index in [0.717, 1.165) is 16.7 Å². The van der Waals surface area contributed by atoms with Gasteiger partial charge >= 0.3 is 5.97 Å². The first kappa shape index (κ1) is 32.0. The Labute approximate surface area is 268 Å². The molecule has 0 spiro atoms. The highest BCUT2D eigenvalue weighted by molar-refractivity contribution is 7.89. The number of benzene rings is 3. The van der Waals surface area contributed by atoms with Crippen LogP contribution in [0.2, 0.25) is 5.02 Å². The molecule has 2 heterocycles. The monoisotopic (exact) mass is 644 g/mol. The van der Waals surface area contributed by atoms with Crippen molar-refractivity contribution in [2.75, 3.05) is 7.11 Å². The zero-order valence-corrected chi connectivity index (χ0v) is 26.9. The zero-order chi connectivity index (χ0) is 32.3. The minimum atomic E-state index is -3.95. The SMILES string of the molecule is COC(=O)C1=C(C)N([C@@H](C)c2ccccc2)C(=O)/C1=C/c1ccc(CN(Cc2ccc(C)cc2)S(=O)(=O)c2ccc(Cl)cc2)o1. The van der Waals surface area contributed by atoms with E-state index in [4.69, 9.17) is 20.8 Å². The normalized spacial score (nSPS) is 15.3. The second-order valence-corrected chi connectivity index (χ2v) is 13.2. The van der Waals surface area contributed by atoms with Crippen molar-refractivity contribution >= 4 is 39.6 Å². The molecule has 0 saturated heterocycles. The summed E-state index contributed by atoms with van der Waals surface area (Å²) < 4.78 is 40.0. The maximum atomic E-state index is 13.8. The van der Waals surface area contributed by atoms with Gasteiger partial charge in [-0.15, -0.1) is 0 Å². The molecular formula is C35H33ClN2O6S. The van der Waals surface area contributed by atoms with Crippen molar-refractivity contribution in [1.82, 2.24) is 9.21 Å². The van der Waals surface area contributed by atoms with Crippen LogP contribution in [0.25, 0.3) is 6.08 Å². The molecule has 45 heavy (non-hydrogen) atoms. The standard InChI is InChI=1S/C35H33ClN2O6S/c1-23-10-12-26(13-11-23)21-37(45(41,42)31-18-14-28(36)15-19-31)22-30-17-16-29(44-30)20-32-33(35(40)43-4)25(3)38(34(32)39)24(2)27-8-6-5-7-9-27/h5-20,24H,21-22H2,1-4H3/b32-20+/t24-/m0/s1. The van der Waals surface area contributed by atoms with Crippen LogP contribution >= 0.6 is 11.6 Å². The van der Waals surface area contributed by atoms with E-state index in [1.165, 1.54) is 41.8 Å². The molecule has 0 radical (unpaired) electrons. The third kappa shape index (κ3) is 6.81. The highest BCUT2D eigenvalue weighted by Crippen LogP contribution is 2.38. The summed E-state index contributed by atoms with van der Waals surface area (Å²) in [7, 11) is -2.68. The molecule has 0 N–H and O–H groups in total. The maximum Gasteiger partial charge on any atom is 0.340 e. The van der Waals surface area contributed by atoms with Gasteiger partial charge in [-0.05, 0) is 74.4 Å². The molecule has 10 heteroatoms. The van der Waals surface area contributed by atoms with Crippen molar-refractivity contribution < 1.29 is 27.2 Å². The van der Waals surface area contributed by atoms with Crippen molar-refractivity contribution in [1.29, 1.82) is 0 Å². The number of ether oxygens (including phenoxy) is 1. The number of amides is 1. The Hall–Kier alpha value is -4.44. The molecule has 1 aliphatic rings. The smallest absolute Gasteiger partial charge is 0.340 e. The zero-order valence-electron chi connectivity index (χ0n) is 25.4. The number of aryl methyl sites for hydroxylation is 1. The summed E-state index contributed by atoms with van der Waals surface area (Å²) in [6.07, 6.45) is 1.50. The number of hydrogen-bond donors (Lipinski definition) is 0. The fourth-order valence-corrected chi connectivity index (χ4v) is 6.82. The van der Waals surface area contributed by atoms with Gasteiger partial charge in [0.2, 0.25) is 10.0 Å². The van der Waals surface area contributed by atoms with Gasteiger partial charge in [0.15, 0.2) is 0 Å². The lowest BCUT2D eigenvalue weighted by Crippen LogP contribution is -2.30. The van der Waals surface area contributed by atoms with E-state index < -0.39 is 16.0 Å². The molecule has 0 bridgehead atoms. The summed E-state index contributed by atoms with van der Waals surface area (Å²) in [5.74, 6) is -0.365. The Kier molecular flexibility index (Phi) is 9.43. The molecule has 1 amide bonds. The topological polar surface area (TPSA) is 97.1 Å². The van der Waals surface area contributed by atoms with Crippen LogP contribution in [-0.2, 0) is 37.4 Å². The summed E-state index contributed by atoms with van der Waals surface area (Å²) in [5.41, 5.74) is 3.52. The third-order valence-electron chi connectivity index (χ3n) is 7.73. The van der Waals surface area contributed by atoms with Gasteiger partial charge in [0.1, 0.15) is 11.5 Å². The number of esters is 1. The van der Waals surface area contributed by atoms with Crippen LogP contribution in [0, 0.1) is 6.92 Å². The fraction of sp³-hybridized carbons (Fsp3) is 0.200. The summed E-state index contributed by atoms with van der Waals surface area (Å²) in [6, 6.07) is 26.1. The van der Waals surface area contributed by atoms with Crippen LogP contribution in [0.1, 0.15) is 48.1 Å². The molecule has 5 rings (SSSR count). The van der Waals surface area contributed by atoms with Gasteiger partial charge < -0.3 is 14.1 Å². The second kappa shape index (κ2) is 13.3. The van der Waals surface area contributed by atoms with E-state index in [-0.39, 0.29) is 46.8 Å². The van der Waals surface area contributed by atoms with E-state index in [0.29, 0.717) is 16.5 Å². The van der Waals surface area contributed by atoms with E-state index in [1.807, 2.05) is 68.4 Å². The number of halogens is 1. The number of methoxy groups -OCH3 is 1. The predicted octanol–water partition coefficient (Wildman–Crippen LogP) is 7.07. The van der Waals surface area contributed by atoms with Crippen LogP contribution in [0.15, 0.2) is 117 Å². The fourth-order valence-electron chi connectivity index (χ4n) is 5.30. The Bertz CT molecular complexity index is 1880. The first-order valence-corrected chi connectivity index (χ1v) is 16.1. The van der Waals surface area contributed by atoms with E-state index in [9.17, 15) is 18.0 Å². The lowest BCUT2D eigenvalue weighted by atomic mass is 10.1. The Balaban J connectivity index is 1.47. The van der Waals surface area contributed by atoms with Gasteiger partial charge in [0, 0.05) is 17.3 Å². The van der Waals surface area contributed by atoms with E-state index in [1.54, 1.807) is 24.0 Å². The van der Waals surface area contributed by atoms with Crippen LogP contribution < -0.4 is 0 Å². The number of hydrogen-bond acceptors (Lipinski definition) is 6. The van der Waals surface area contributed by atoms with Gasteiger partial charge in [0.25, 0.3) is 5.91 Å². The van der Waals surface area contributed by atoms with Gasteiger partial charge in [-0.25, -0.2) is 13.2 Å². The van der Waals surface area contributed by atoms with Crippen molar-refractivity contribution in [3.63, 3.8) is 0 Å².